The number of halogens is 3. The van der Waals surface area contributed by atoms with E-state index in [0.29, 0.717) is 29.2 Å². The summed E-state index contributed by atoms with van der Waals surface area (Å²) in [5.41, 5.74) is 3.23. The third kappa shape index (κ3) is 3.24. The molecule has 2 heterocycles. The Bertz CT molecular complexity index is 1500. The minimum atomic E-state index is -0.947. The number of fused-ring (bicyclic) bond motifs is 6. The van der Waals surface area contributed by atoms with E-state index in [1.807, 2.05) is 30.3 Å². The largest absolute Gasteiger partial charge is 0.291 e. The maximum atomic E-state index is 14.8. The van der Waals surface area contributed by atoms with E-state index in [-0.39, 0.29) is 11.0 Å². The fourth-order valence-electron chi connectivity index (χ4n) is 4.64. The van der Waals surface area contributed by atoms with Gasteiger partial charge in [0.05, 0.1) is 22.5 Å². The Morgan fingerprint density at radius 1 is 0.844 bits per heavy atom. The third-order valence-corrected chi connectivity index (χ3v) is 5.79. The summed E-state index contributed by atoms with van der Waals surface area (Å²) in [4.78, 5) is 4.69. The maximum Gasteiger partial charge on any atom is 0.145 e. The topological polar surface area (TPSA) is 17.3 Å². The molecule has 0 radical (unpaired) electrons. The van der Waals surface area contributed by atoms with E-state index >= 15 is 0 Å². The van der Waals surface area contributed by atoms with Crippen LogP contribution in [-0.4, -0.2) is 9.38 Å². The molecule has 0 amide bonds. The predicted octanol–water partition coefficient (Wildman–Crippen LogP) is 7.62. The molecule has 0 aliphatic heterocycles. The lowest BCUT2D eigenvalue weighted by molar-refractivity contribution is 0.411. The fourth-order valence-corrected chi connectivity index (χ4v) is 4.64. The lowest BCUT2D eigenvalue weighted by Gasteiger charge is -2.19. The van der Waals surface area contributed by atoms with Crippen molar-refractivity contribution in [3.05, 3.63) is 83.3 Å². The summed E-state index contributed by atoms with van der Waals surface area (Å²) in [6.07, 6.45) is 0.895. The number of hydrogen-bond acceptors (Lipinski definition) is 1. The van der Waals surface area contributed by atoms with Crippen molar-refractivity contribution in [1.82, 2.24) is 9.38 Å². The molecule has 0 fully saturated rings. The van der Waals surface area contributed by atoms with Crippen molar-refractivity contribution in [2.24, 2.45) is 5.41 Å². The summed E-state index contributed by atoms with van der Waals surface area (Å²) < 4.78 is 45.1. The van der Waals surface area contributed by atoms with Crippen LogP contribution in [-0.2, 0) is 6.42 Å². The maximum absolute atomic E-state index is 14.8. The first kappa shape index (κ1) is 20.6. The Morgan fingerprint density at radius 2 is 1.50 bits per heavy atom. The zero-order valence-electron chi connectivity index (χ0n) is 18.4. The lowest BCUT2D eigenvalue weighted by Crippen LogP contribution is -2.09. The molecule has 2 aromatic heterocycles. The molecule has 0 saturated carbocycles. The molecule has 5 rings (SSSR count). The van der Waals surface area contributed by atoms with Crippen LogP contribution in [0.15, 0.2) is 54.6 Å². The van der Waals surface area contributed by atoms with Gasteiger partial charge in [0.15, 0.2) is 0 Å². The Balaban J connectivity index is 1.95. The normalized spacial score (nSPS) is 12.3. The van der Waals surface area contributed by atoms with Gasteiger partial charge in [-0.2, -0.15) is 0 Å². The number of imidazole rings is 1. The highest BCUT2D eigenvalue weighted by Gasteiger charge is 2.23. The van der Waals surface area contributed by atoms with Crippen LogP contribution in [0.25, 0.3) is 38.6 Å². The second kappa shape index (κ2) is 7.09. The van der Waals surface area contributed by atoms with Gasteiger partial charge in [0.25, 0.3) is 0 Å². The first-order chi connectivity index (χ1) is 15.1. The highest BCUT2D eigenvalue weighted by atomic mass is 19.1. The first-order valence-electron chi connectivity index (χ1n) is 10.6. The molecule has 0 aliphatic rings. The van der Waals surface area contributed by atoms with Crippen LogP contribution < -0.4 is 0 Å². The fraction of sp³-hybridized carbons (Fsp3) is 0.222. The van der Waals surface area contributed by atoms with Crippen LogP contribution in [0, 0.1) is 29.8 Å². The smallest absolute Gasteiger partial charge is 0.145 e. The Morgan fingerprint density at radius 3 is 2.16 bits per heavy atom. The van der Waals surface area contributed by atoms with Crippen LogP contribution in [0.4, 0.5) is 13.2 Å². The second-order valence-electron chi connectivity index (χ2n) is 9.58. The van der Waals surface area contributed by atoms with E-state index < -0.39 is 17.5 Å². The number of aromatic nitrogens is 2. The molecular formula is C27H23F3N2. The molecule has 0 atom stereocenters. The van der Waals surface area contributed by atoms with E-state index in [9.17, 15) is 13.2 Å². The monoisotopic (exact) mass is 432 g/mol. The van der Waals surface area contributed by atoms with E-state index in [0.717, 1.165) is 28.1 Å². The summed E-state index contributed by atoms with van der Waals surface area (Å²) in [6, 6.07) is 15.5. The molecule has 32 heavy (non-hydrogen) atoms. The van der Waals surface area contributed by atoms with Gasteiger partial charge in [0.2, 0.25) is 0 Å². The molecule has 0 aliphatic carbocycles. The van der Waals surface area contributed by atoms with E-state index in [1.54, 1.807) is 11.3 Å². The predicted molar refractivity (Wildman–Crippen MR) is 123 cm³/mol. The molecule has 0 N–H and O–H groups in total. The standard InChI is InChI=1S/C27H23F3N2/c1-15-25(24-21(29)12-17(28)13-22(24)30)32-23-10-9-16(14-27(2,3)4)11-20(23)18-7-5-6-8-19(18)26(32)31-15/h5-13H,14H2,1-4H3. The number of pyridine rings is 1. The van der Waals surface area contributed by atoms with Gasteiger partial charge >= 0.3 is 0 Å². The van der Waals surface area contributed by atoms with Crippen molar-refractivity contribution in [2.45, 2.75) is 34.1 Å². The van der Waals surface area contributed by atoms with Crippen LogP contribution in [0.2, 0.25) is 0 Å². The summed E-state index contributed by atoms with van der Waals surface area (Å²) >= 11 is 0. The lowest BCUT2D eigenvalue weighted by atomic mass is 9.87. The molecule has 162 valence electrons. The number of benzene rings is 3. The average molecular weight is 432 g/mol. The van der Waals surface area contributed by atoms with Crippen molar-refractivity contribution in [3.63, 3.8) is 0 Å². The van der Waals surface area contributed by atoms with E-state index in [4.69, 9.17) is 4.98 Å². The Hall–Kier alpha value is -3.34. The first-order valence-corrected chi connectivity index (χ1v) is 10.6. The van der Waals surface area contributed by atoms with Gasteiger partial charge in [-0.15, -0.1) is 0 Å². The number of rotatable bonds is 2. The summed E-state index contributed by atoms with van der Waals surface area (Å²) in [6.45, 7) is 8.29. The van der Waals surface area contributed by atoms with Gasteiger partial charge in [-0.3, -0.25) is 4.40 Å². The molecule has 5 heteroatoms. The number of nitrogens with zero attached hydrogens (tertiary/aromatic N) is 2. The van der Waals surface area contributed by atoms with Crippen LogP contribution >= 0.6 is 0 Å². The van der Waals surface area contributed by atoms with Gasteiger partial charge in [0, 0.05) is 22.9 Å². The highest BCUT2D eigenvalue weighted by molar-refractivity contribution is 6.12. The van der Waals surface area contributed by atoms with Crippen molar-refractivity contribution in [3.8, 4) is 11.3 Å². The number of aryl methyl sites for hydroxylation is 1. The van der Waals surface area contributed by atoms with Gasteiger partial charge in [-0.25, -0.2) is 18.2 Å². The van der Waals surface area contributed by atoms with Gasteiger partial charge in [0.1, 0.15) is 23.1 Å². The van der Waals surface area contributed by atoms with Gasteiger partial charge in [-0.1, -0.05) is 51.1 Å². The number of hydrogen-bond donors (Lipinski definition) is 0. The molecule has 3 aromatic carbocycles. The van der Waals surface area contributed by atoms with Crippen molar-refractivity contribution >= 4 is 27.3 Å². The molecule has 2 nitrogen and oxygen atoms in total. The van der Waals surface area contributed by atoms with Crippen molar-refractivity contribution in [1.29, 1.82) is 0 Å². The quantitative estimate of drug-likeness (QED) is 0.262. The average Bonchev–Trinajstić information content (AvgIpc) is 3.03. The van der Waals surface area contributed by atoms with Gasteiger partial charge < -0.3 is 0 Å². The SMILES string of the molecule is Cc1nc2c3ccccc3c3cc(CC(C)(C)C)ccc3n2c1-c1c(F)cc(F)cc1F. The Labute approximate surface area is 184 Å². The van der Waals surface area contributed by atoms with E-state index in [1.165, 1.54) is 5.56 Å². The molecular weight excluding hydrogens is 409 g/mol. The highest BCUT2D eigenvalue weighted by Crippen LogP contribution is 2.37. The zero-order chi connectivity index (χ0) is 22.8. The Kier molecular flexibility index (Phi) is 4.55. The minimum absolute atomic E-state index is 0.116. The molecule has 0 spiro atoms. The molecule has 0 saturated heterocycles. The minimum Gasteiger partial charge on any atom is -0.291 e. The summed E-state index contributed by atoms with van der Waals surface area (Å²) in [5.74, 6) is -2.84. The van der Waals surface area contributed by atoms with Gasteiger partial charge in [-0.05, 0) is 41.8 Å². The van der Waals surface area contributed by atoms with Crippen LogP contribution in [0.5, 0.6) is 0 Å². The van der Waals surface area contributed by atoms with Crippen molar-refractivity contribution < 1.29 is 13.2 Å². The third-order valence-electron chi connectivity index (χ3n) is 5.79. The summed E-state index contributed by atoms with van der Waals surface area (Å²) in [7, 11) is 0. The summed E-state index contributed by atoms with van der Waals surface area (Å²) in [5, 5.41) is 2.91. The van der Waals surface area contributed by atoms with Crippen LogP contribution in [0.1, 0.15) is 32.0 Å². The van der Waals surface area contributed by atoms with E-state index in [2.05, 4.69) is 32.9 Å². The van der Waals surface area contributed by atoms with Crippen LogP contribution in [0.3, 0.4) is 0 Å². The molecule has 5 aromatic rings. The second-order valence-corrected chi connectivity index (χ2v) is 9.58. The zero-order valence-corrected chi connectivity index (χ0v) is 18.4. The van der Waals surface area contributed by atoms with Crippen molar-refractivity contribution in [2.75, 3.05) is 0 Å². The molecule has 0 bridgehead atoms. The molecule has 0 unspecified atom stereocenters.